The van der Waals surface area contributed by atoms with Crippen LogP contribution < -0.4 is 10.5 Å². The molecule has 0 saturated heterocycles. The van der Waals surface area contributed by atoms with Crippen LogP contribution in [0.3, 0.4) is 0 Å². The lowest BCUT2D eigenvalue weighted by Crippen LogP contribution is -2.47. The van der Waals surface area contributed by atoms with Crippen molar-refractivity contribution < 1.29 is 23.1 Å². The SMILES string of the molecule is CCC(C)ON(C[C@@H](O)[C@@H](N)Cc1ccccc1)S(=O)(=O)c1ccc(OC)cc1. The highest BCUT2D eigenvalue weighted by Crippen LogP contribution is 2.22. The van der Waals surface area contributed by atoms with Crippen LogP contribution in [0.5, 0.6) is 5.75 Å². The van der Waals surface area contributed by atoms with Crippen LogP contribution in [0.4, 0.5) is 0 Å². The number of rotatable bonds is 11. The third-order valence-corrected chi connectivity index (χ3v) is 6.28. The van der Waals surface area contributed by atoms with E-state index in [0.717, 1.165) is 10.0 Å². The Morgan fingerprint density at radius 2 is 1.72 bits per heavy atom. The maximum absolute atomic E-state index is 13.1. The molecule has 0 bridgehead atoms. The topological polar surface area (TPSA) is 102 Å². The van der Waals surface area contributed by atoms with Gasteiger partial charge in [0.05, 0.1) is 30.8 Å². The lowest BCUT2D eigenvalue weighted by Gasteiger charge is -2.28. The van der Waals surface area contributed by atoms with Crippen molar-refractivity contribution in [1.29, 1.82) is 0 Å². The van der Waals surface area contributed by atoms with Gasteiger partial charge in [-0.3, -0.25) is 4.84 Å². The molecule has 29 heavy (non-hydrogen) atoms. The van der Waals surface area contributed by atoms with Crippen LogP contribution >= 0.6 is 0 Å². The molecule has 160 valence electrons. The average Bonchev–Trinajstić information content (AvgIpc) is 2.73. The van der Waals surface area contributed by atoms with E-state index in [0.29, 0.717) is 18.6 Å². The molecule has 0 aliphatic rings. The summed E-state index contributed by atoms with van der Waals surface area (Å²) in [5.41, 5.74) is 7.10. The molecule has 2 aromatic carbocycles. The van der Waals surface area contributed by atoms with Crippen molar-refractivity contribution in [3.63, 3.8) is 0 Å². The molecule has 0 fully saturated rings. The summed E-state index contributed by atoms with van der Waals surface area (Å²) in [6.45, 7) is 3.39. The summed E-state index contributed by atoms with van der Waals surface area (Å²) < 4.78 is 32.1. The van der Waals surface area contributed by atoms with Gasteiger partial charge < -0.3 is 15.6 Å². The van der Waals surface area contributed by atoms with Crippen LogP contribution in [0.25, 0.3) is 0 Å². The second-order valence-electron chi connectivity index (χ2n) is 6.91. The Labute approximate surface area is 173 Å². The van der Waals surface area contributed by atoms with Gasteiger partial charge in [0.2, 0.25) is 0 Å². The number of hydrogen-bond acceptors (Lipinski definition) is 6. The molecule has 0 amide bonds. The summed E-state index contributed by atoms with van der Waals surface area (Å²) in [4.78, 5) is 5.69. The molecule has 1 unspecified atom stereocenters. The first-order chi connectivity index (χ1) is 13.8. The number of methoxy groups -OCH3 is 1. The minimum absolute atomic E-state index is 0.0467. The standard InChI is InChI=1S/C21H30N2O5S/c1-4-16(2)28-23(29(25,26)19-12-10-18(27-3)11-13-19)15-21(24)20(22)14-17-8-6-5-7-9-17/h5-13,16,20-21,24H,4,14-15,22H2,1-3H3/t16?,20-,21+/m0/s1. The number of sulfonamides is 1. The normalized spacial score (nSPS) is 15.1. The lowest BCUT2D eigenvalue weighted by molar-refractivity contribution is -0.141. The van der Waals surface area contributed by atoms with E-state index < -0.39 is 22.2 Å². The van der Waals surface area contributed by atoms with Gasteiger partial charge in [0.1, 0.15) is 5.75 Å². The number of nitrogens with two attached hydrogens (primary N) is 1. The van der Waals surface area contributed by atoms with Gasteiger partial charge in [0, 0.05) is 6.04 Å². The van der Waals surface area contributed by atoms with Crippen molar-refractivity contribution in [2.45, 2.75) is 49.8 Å². The molecule has 0 saturated carbocycles. The Balaban J connectivity index is 2.19. The minimum atomic E-state index is -3.99. The van der Waals surface area contributed by atoms with Gasteiger partial charge in [-0.25, -0.2) is 8.42 Å². The summed E-state index contributed by atoms with van der Waals surface area (Å²) >= 11 is 0. The van der Waals surface area contributed by atoms with Crippen LogP contribution in [-0.4, -0.2) is 49.9 Å². The zero-order chi connectivity index (χ0) is 21.4. The molecule has 0 radical (unpaired) electrons. The van der Waals surface area contributed by atoms with Crippen molar-refractivity contribution in [2.75, 3.05) is 13.7 Å². The molecule has 3 atom stereocenters. The van der Waals surface area contributed by atoms with E-state index >= 15 is 0 Å². The molecule has 0 spiro atoms. The first-order valence-electron chi connectivity index (χ1n) is 9.59. The van der Waals surface area contributed by atoms with Gasteiger partial charge in [-0.1, -0.05) is 41.7 Å². The smallest absolute Gasteiger partial charge is 0.265 e. The van der Waals surface area contributed by atoms with E-state index in [4.69, 9.17) is 15.3 Å². The van der Waals surface area contributed by atoms with E-state index in [1.54, 1.807) is 19.1 Å². The van der Waals surface area contributed by atoms with Crippen molar-refractivity contribution in [3.05, 3.63) is 60.2 Å². The molecule has 0 aromatic heterocycles. The zero-order valence-corrected chi connectivity index (χ0v) is 17.9. The predicted octanol–water partition coefficient (Wildman–Crippen LogP) is 2.35. The minimum Gasteiger partial charge on any atom is -0.497 e. The zero-order valence-electron chi connectivity index (χ0n) is 17.1. The van der Waals surface area contributed by atoms with Crippen molar-refractivity contribution in [3.8, 4) is 5.75 Å². The Kier molecular flexibility index (Phi) is 8.60. The van der Waals surface area contributed by atoms with Gasteiger partial charge in [-0.2, -0.15) is 0 Å². The highest BCUT2D eigenvalue weighted by atomic mass is 32.2. The molecule has 3 N–H and O–H groups in total. The van der Waals surface area contributed by atoms with Gasteiger partial charge in [0.15, 0.2) is 0 Å². The number of ether oxygens (including phenoxy) is 1. The van der Waals surface area contributed by atoms with Gasteiger partial charge in [-0.05, 0) is 49.6 Å². The first kappa shape index (κ1) is 23.3. The maximum Gasteiger partial charge on any atom is 0.265 e. The molecular weight excluding hydrogens is 392 g/mol. The van der Waals surface area contributed by atoms with Crippen molar-refractivity contribution in [1.82, 2.24) is 4.47 Å². The van der Waals surface area contributed by atoms with Gasteiger partial charge in [-0.15, -0.1) is 0 Å². The molecular formula is C21H30N2O5S. The van der Waals surface area contributed by atoms with E-state index in [-0.39, 0.29) is 17.5 Å². The number of benzene rings is 2. The number of aliphatic hydroxyl groups is 1. The Morgan fingerprint density at radius 3 is 2.28 bits per heavy atom. The number of hydrogen-bond donors (Lipinski definition) is 2. The van der Waals surface area contributed by atoms with E-state index in [1.807, 2.05) is 37.3 Å². The molecule has 2 aromatic rings. The fraction of sp³-hybridized carbons (Fsp3) is 0.429. The van der Waals surface area contributed by atoms with Crippen LogP contribution in [-0.2, 0) is 21.3 Å². The van der Waals surface area contributed by atoms with E-state index in [1.165, 1.54) is 19.2 Å². The number of nitrogens with zero attached hydrogens (tertiary/aromatic N) is 1. The van der Waals surface area contributed by atoms with Crippen molar-refractivity contribution >= 4 is 10.0 Å². The molecule has 7 nitrogen and oxygen atoms in total. The summed E-state index contributed by atoms with van der Waals surface area (Å²) in [6, 6.07) is 14.9. The Morgan fingerprint density at radius 1 is 1.10 bits per heavy atom. The monoisotopic (exact) mass is 422 g/mol. The predicted molar refractivity (Wildman–Crippen MR) is 112 cm³/mol. The van der Waals surface area contributed by atoms with Crippen molar-refractivity contribution in [2.24, 2.45) is 5.73 Å². The molecule has 0 aliphatic heterocycles. The number of hydroxylamine groups is 1. The van der Waals surface area contributed by atoms with Crippen LogP contribution in [0.15, 0.2) is 59.5 Å². The third kappa shape index (κ3) is 6.52. The van der Waals surface area contributed by atoms with Crippen LogP contribution in [0.1, 0.15) is 25.8 Å². The fourth-order valence-electron chi connectivity index (χ4n) is 2.65. The molecule has 8 heteroatoms. The van der Waals surface area contributed by atoms with Gasteiger partial charge >= 0.3 is 0 Å². The summed E-state index contributed by atoms with van der Waals surface area (Å²) in [7, 11) is -2.49. The average molecular weight is 423 g/mol. The van der Waals surface area contributed by atoms with E-state index in [9.17, 15) is 13.5 Å². The highest BCUT2D eigenvalue weighted by Gasteiger charge is 2.31. The largest absolute Gasteiger partial charge is 0.497 e. The molecule has 0 aliphatic carbocycles. The first-order valence-corrected chi connectivity index (χ1v) is 11.0. The summed E-state index contributed by atoms with van der Waals surface area (Å²) in [6.07, 6.45) is -0.421. The summed E-state index contributed by atoms with van der Waals surface area (Å²) in [5.74, 6) is 0.545. The summed E-state index contributed by atoms with van der Waals surface area (Å²) in [5, 5.41) is 10.6. The lowest BCUT2D eigenvalue weighted by atomic mass is 10.0. The van der Waals surface area contributed by atoms with Gasteiger partial charge in [0.25, 0.3) is 10.0 Å². The second-order valence-corrected chi connectivity index (χ2v) is 8.74. The van der Waals surface area contributed by atoms with Crippen LogP contribution in [0.2, 0.25) is 0 Å². The van der Waals surface area contributed by atoms with E-state index in [2.05, 4.69) is 0 Å². The second kappa shape index (κ2) is 10.7. The number of aliphatic hydroxyl groups excluding tert-OH is 1. The third-order valence-electron chi connectivity index (χ3n) is 4.64. The Bertz CT molecular complexity index is 843. The van der Waals surface area contributed by atoms with Crippen LogP contribution in [0, 0.1) is 0 Å². The molecule has 0 heterocycles. The maximum atomic E-state index is 13.1. The quantitative estimate of drug-likeness (QED) is 0.539. The molecule has 2 rings (SSSR count). The highest BCUT2D eigenvalue weighted by molar-refractivity contribution is 7.89. The fourth-order valence-corrected chi connectivity index (χ4v) is 3.97. The Hall–Kier alpha value is -1.97.